The number of carbonyl (C=O) groups is 1. The van der Waals surface area contributed by atoms with E-state index in [1.54, 1.807) is 24.3 Å². The van der Waals surface area contributed by atoms with Gasteiger partial charge in [0.1, 0.15) is 12.4 Å². The normalized spacial score (nSPS) is 10.6. The van der Waals surface area contributed by atoms with Gasteiger partial charge in [0, 0.05) is 5.56 Å². The van der Waals surface area contributed by atoms with Gasteiger partial charge in [-0.1, -0.05) is 45.0 Å². The fourth-order valence-corrected chi connectivity index (χ4v) is 2.67. The number of benzene rings is 2. The molecule has 154 valence electrons. The summed E-state index contributed by atoms with van der Waals surface area (Å²) in [6.07, 6.45) is 1.92. The Kier molecular flexibility index (Phi) is 10.3. The van der Waals surface area contributed by atoms with Gasteiger partial charge in [-0.2, -0.15) is 0 Å². The molecule has 0 aliphatic rings. The Morgan fingerprint density at radius 2 is 1.43 bits per heavy atom. The summed E-state index contributed by atoms with van der Waals surface area (Å²) in [7, 11) is -3.56. The van der Waals surface area contributed by atoms with Crippen molar-refractivity contribution in [2.24, 2.45) is 0 Å². The van der Waals surface area contributed by atoms with Gasteiger partial charge in [-0.05, 0) is 54.9 Å². The van der Waals surface area contributed by atoms with E-state index in [1.807, 2.05) is 29.0 Å². The summed E-state index contributed by atoms with van der Waals surface area (Å²) in [5.74, 6) is 0.135. The number of ether oxygens (including phenoxy) is 1. The molecular formula is C21H30N2O4S. The molecule has 0 aromatic heterocycles. The van der Waals surface area contributed by atoms with E-state index < -0.39 is 15.9 Å². The third-order valence-electron chi connectivity index (χ3n) is 3.73. The molecule has 0 heterocycles. The number of rotatable bonds is 8. The van der Waals surface area contributed by atoms with Gasteiger partial charge in [0.15, 0.2) is 0 Å². The Balaban J connectivity index is 0.000000696. The Labute approximate surface area is 168 Å². The molecule has 0 saturated heterocycles. The van der Waals surface area contributed by atoms with E-state index >= 15 is 0 Å². The fourth-order valence-electron chi connectivity index (χ4n) is 2.22. The zero-order chi connectivity index (χ0) is 21.0. The van der Waals surface area contributed by atoms with Gasteiger partial charge >= 0.3 is 0 Å². The van der Waals surface area contributed by atoms with Crippen molar-refractivity contribution in [3.63, 3.8) is 0 Å². The topological polar surface area (TPSA) is 84.5 Å². The van der Waals surface area contributed by atoms with Crippen molar-refractivity contribution in [1.29, 1.82) is 0 Å². The second kappa shape index (κ2) is 12.2. The molecule has 0 fully saturated rings. The minimum absolute atomic E-state index is 0.284. The Morgan fingerprint density at radius 3 is 1.86 bits per heavy atom. The molecule has 0 spiro atoms. The van der Waals surface area contributed by atoms with Crippen LogP contribution in [0.1, 0.15) is 42.3 Å². The van der Waals surface area contributed by atoms with Crippen molar-refractivity contribution in [3.05, 3.63) is 65.2 Å². The maximum atomic E-state index is 11.7. The second-order valence-electron chi connectivity index (χ2n) is 6.14. The predicted molar refractivity (Wildman–Crippen MR) is 113 cm³/mol. The van der Waals surface area contributed by atoms with Crippen LogP contribution >= 0.6 is 0 Å². The minimum atomic E-state index is -3.56. The van der Waals surface area contributed by atoms with Crippen molar-refractivity contribution in [1.82, 2.24) is 10.0 Å². The van der Waals surface area contributed by atoms with Gasteiger partial charge in [-0.15, -0.1) is 0 Å². The van der Waals surface area contributed by atoms with Crippen LogP contribution in [-0.2, 0) is 23.1 Å². The van der Waals surface area contributed by atoms with Crippen molar-refractivity contribution in [2.75, 3.05) is 19.3 Å². The monoisotopic (exact) mass is 406 g/mol. The third-order valence-corrected chi connectivity index (χ3v) is 4.29. The number of sulfonamides is 1. The zero-order valence-electron chi connectivity index (χ0n) is 17.0. The van der Waals surface area contributed by atoms with E-state index in [-0.39, 0.29) is 5.56 Å². The zero-order valence-corrected chi connectivity index (χ0v) is 17.8. The molecule has 28 heavy (non-hydrogen) atoms. The quantitative estimate of drug-likeness (QED) is 0.704. The number of hydrogen-bond donors (Lipinski definition) is 2. The van der Waals surface area contributed by atoms with E-state index in [2.05, 4.69) is 26.1 Å². The van der Waals surface area contributed by atoms with Crippen LogP contribution in [0.4, 0.5) is 0 Å². The largest absolute Gasteiger partial charge is 0.489 e. The third kappa shape index (κ3) is 9.53. The summed E-state index contributed by atoms with van der Waals surface area (Å²) in [5.41, 5.74) is 2.42. The van der Waals surface area contributed by atoms with E-state index in [9.17, 15) is 13.2 Å². The molecule has 2 N–H and O–H groups in total. The van der Waals surface area contributed by atoms with Crippen molar-refractivity contribution < 1.29 is 17.9 Å². The van der Waals surface area contributed by atoms with Crippen LogP contribution in [0.3, 0.4) is 0 Å². The Bertz CT molecular complexity index is 814. The van der Waals surface area contributed by atoms with Crippen molar-refractivity contribution in [2.45, 2.75) is 33.8 Å². The molecule has 0 aliphatic heterocycles. The Hall–Kier alpha value is -2.38. The highest BCUT2D eigenvalue weighted by atomic mass is 32.2. The van der Waals surface area contributed by atoms with Crippen LogP contribution in [0.15, 0.2) is 48.5 Å². The van der Waals surface area contributed by atoms with Crippen LogP contribution < -0.4 is 14.8 Å². The highest BCUT2D eigenvalue weighted by Crippen LogP contribution is 2.15. The van der Waals surface area contributed by atoms with E-state index in [1.165, 1.54) is 5.56 Å². The van der Waals surface area contributed by atoms with Crippen molar-refractivity contribution in [3.8, 4) is 5.75 Å². The first kappa shape index (κ1) is 23.7. The molecule has 0 aliphatic carbocycles. The molecule has 0 bridgehead atoms. The SMILES string of the molecule is CCNCC.CCc1ccc(OCc2ccc(C(=O)NS(C)(=O)=O)cc2)cc1. The molecule has 6 nitrogen and oxygen atoms in total. The lowest BCUT2D eigenvalue weighted by molar-refractivity contribution is 0.0981. The van der Waals surface area contributed by atoms with Gasteiger partial charge in [-0.3, -0.25) is 4.79 Å². The number of carbonyl (C=O) groups excluding carboxylic acids is 1. The van der Waals surface area contributed by atoms with Gasteiger partial charge in [0.25, 0.3) is 5.91 Å². The lowest BCUT2D eigenvalue weighted by Gasteiger charge is -2.08. The summed E-state index contributed by atoms with van der Waals surface area (Å²) < 4.78 is 29.7. The molecule has 2 rings (SSSR count). The van der Waals surface area contributed by atoms with Crippen LogP contribution in [0.5, 0.6) is 5.75 Å². The number of aryl methyl sites for hydroxylation is 1. The first-order chi connectivity index (χ1) is 13.3. The van der Waals surface area contributed by atoms with E-state index in [4.69, 9.17) is 4.74 Å². The van der Waals surface area contributed by atoms with Crippen LogP contribution in [0, 0.1) is 0 Å². The highest BCUT2D eigenvalue weighted by Gasteiger charge is 2.10. The lowest BCUT2D eigenvalue weighted by atomic mass is 10.1. The van der Waals surface area contributed by atoms with Crippen LogP contribution in [-0.4, -0.2) is 33.7 Å². The smallest absolute Gasteiger partial charge is 0.264 e. The lowest BCUT2D eigenvalue weighted by Crippen LogP contribution is -2.29. The molecule has 0 saturated carbocycles. The molecule has 2 aromatic rings. The Morgan fingerprint density at radius 1 is 0.893 bits per heavy atom. The number of amides is 1. The molecule has 2 aromatic carbocycles. The summed E-state index contributed by atoms with van der Waals surface area (Å²) >= 11 is 0. The molecule has 7 heteroatoms. The number of nitrogens with one attached hydrogen (secondary N) is 2. The van der Waals surface area contributed by atoms with E-state index in [0.717, 1.165) is 37.1 Å². The molecule has 0 atom stereocenters. The maximum absolute atomic E-state index is 11.7. The summed E-state index contributed by atoms with van der Waals surface area (Å²) in [4.78, 5) is 11.7. The van der Waals surface area contributed by atoms with Gasteiger partial charge in [0.2, 0.25) is 10.0 Å². The first-order valence-electron chi connectivity index (χ1n) is 9.32. The second-order valence-corrected chi connectivity index (χ2v) is 7.89. The average Bonchev–Trinajstić information content (AvgIpc) is 2.67. The maximum Gasteiger partial charge on any atom is 0.264 e. The predicted octanol–water partition coefficient (Wildman–Crippen LogP) is 3.13. The summed E-state index contributed by atoms with van der Waals surface area (Å²) in [6, 6.07) is 14.5. The van der Waals surface area contributed by atoms with E-state index in [0.29, 0.717) is 6.61 Å². The van der Waals surface area contributed by atoms with Gasteiger partial charge < -0.3 is 10.1 Å². The molecule has 1 amide bonds. The molecule has 0 radical (unpaired) electrons. The van der Waals surface area contributed by atoms with Crippen molar-refractivity contribution >= 4 is 15.9 Å². The van der Waals surface area contributed by atoms with Crippen LogP contribution in [0.25, 0.3) is 0 Å². The highest BCUT2D eigenvalue weighted by molar-refractivity contribution is 7.89. The standard InChI is InChI=1S/C17H19NO4S.C4H11N/c1-3-13-6-10-16(11-7-13)22-12-14-4-8-15(9-5-14)17(19)18-23(2,20)21;1-3-5-4-2/h4-11H,3,12H2,1-2H3,(H,18,19);5H,3-4H2,1-2H3. The summed E-state index contributed by atoms with van der Waals surface area (Å²) in [6.45, 7) is 8.86. The molecular weight excluding hydrogens is 376 g/mol. The van der Waals surface area contributed by atoms with Gasteiger partial charge in [-0.25, -0.2) is 13.1 Å². The number of hydrogen-bond acceptors (Lipinski definition) is 5. The fraction of sp³-hybridized carbons (Fsp3) is 0.381. The van der Waals surface area contributed by atoms with Gasteiger partial charge in [0.05, 0.1) is 6.26 Å². The molecule has 0 unspecified atom stereocenters. The first-order valence-corrected chi connectivity index (χ1v) is 11.2. The minimum Gasteiger partial charge on any atom is -0.489 e. The average molecular weight is 407 g/mol. The van der Waals surface area contributed by atoms with Crippen LogP contribution in [0.2, 0.25) is 0 Å². The summed E-state index contributed by atoms with van der Waals surface area (Å²) in [5, 5.41) is 3.11.